The number of benzene rings is 1. The number of carbonyl (C=O) groups is 1. The highest BCUT2D eigenvalue weighted by molar-refractivity contribution is 7.89. The van der Waals surface area contributed by atoms with Crippen LogP contribution in [-0.4, -0.2) is 19.5 Å². The van der Waals surface area contributed by atoms with Gasteiger partial charge in [-0.15, -0.1) is 11.3 Å². The van der Waals surface area contributed by atoms with Crippen LogP contribution in [0.25, 0.3) is 0 Å². The van der Waals surface area contributed by atoms with E-state index in [1.165, 1.54) is 18.2 Å². The maximum Gasteiger partial charge on any atom is 0.327 e. The van der Waals surface area contributed by atoms with E-state index in [0.717, 1.165) is 11.3 Å². The zero-order valence-corrected chi connectivity index (χ0v) is 12.4. The molecule has 2 aromatic rings. The fraction of sp³-hybridized carbons (Fsp3) is 0.0833. The predicted molar refractivity (Wildman–Crippen MR) is 76.5 cm³/mol. The molecule has 1 aromatic carbocycles. The maximum absolute atomic E-state index is 12.2. The van der Waals surface area contributed by atoms with Gasteiger partial charge < -0.3 is 5.11 Å². The zero-order valence-electron chi connectivity index (χ0n) is 9.99. The Balaban J connectivity index is 2.36. The molecule has 2 N–H and O–H groups in total. The highest BCUT2D eigenvalue weighted by Crippen LogP contribution is 2.25. The topological polar surface area (TPSA) is 83.5 Å². The van der Waals surface area contributed by atoms with Crippen molar-refractivity contribution in [2.24, 2.45) is 0 Å². The summed E-state index contributed by atoms with van der Waals surface area (Å²) in [4.78, 5) is 11.5. The monoisotopic (exact) mass is 331 g/mol. The number of hydrogen-bond acceptors (Lipinski definition) is 4. The minimum atomic E-state index is -4.02. The Morgan fingerprint density at radius 3 is 2.50 bits per heavy atom. The van der Waals surface area contributed by atoms with E-state index in [1.807, 2.05) is 0 Å². The molecule has 106 valence electrons. The van der Waals surface area contributed by atoms with Gasteiger partial charge in [-0.1, -0.05) is 29.8 Å². The van der Waals surface area contributed by atoms with Gasteiger partial charge in [0.05, 0.1) is 5.02 Å². The second kappa shape index (κ2) is 5.92. The van der Waals surface area contributed by atoms with Crippen LogP contribution in [0.2, 0.25) is 5.02 Å². The number of sulfonamides is 1. The van der Waals surface area contributed by atoms with Gasteiger partial charge in [0.15, 0.2) is 6.04 Å². The first-order valence-corrected chi connectivity index (χ1v) is 8.19. The average Bonchev–Trinajstić information content (AvgIpc) is 2.89. The standard InChI is InChI=1S/C12H10ClNO4S2/c13-8-4-1-2-6-10(8)20(17,18)14-11(12(15)16)9-5-3-7-19-9/h1-7,11,14H,(H,15,16). The molecular weight excluding hydrogens is 322 g/mol. The molecule has 0 aliphatic carbocycles. The van der Waals surface area contributed by atoms with Crippen molar-refractivity contribution in [1.82, 2.24) is 4.72 Å². The molecule has 1 atom stereocenters. The lowest BCUT2D eigenvalue weighted by molar-refractivity contribution is -0.139. The van der Waals surface area contributed by atoms with Crippen LogP contribution in [0.3, 0.4) is 0 Å². The van der Waals surface area contributed by atoms with Crippen LogP contribution < -0.4 is 4.72 Å². The predicted octanol–water partition coefficient (Wildman–Crippen LogP) is 2.51. The summed E-state index contributed by atoms with van der Waals surface area (Å²) in [6.45, 7) is 0. The van der Waals surface area contributed by atoms with Gasteiger partial charge in [-0.3, -0.25) is 4.79 Å². The Kier molecular flexibility index (Phi) is 4.44. The highest BCUT2D eigenvalue weighted by atomic mass is 35.5. The van der Waals surface area contributed by atoms with Crippen LogP contribution >= 0.6 is 22.9 Å². The van der Waals surface area contributed by atoms with Crippen LogP contribution in [0, 0.1) is 0 Å². The molecule has 0 saturated carbocycles. The third-order valence-electron chi connectivity index (χ3n) is 2.47. The van der Waals surface area contributed by atoms with E-state index >= 15 is 0 Å². The molecule has 0 spiro atoms. The van der Waals surface area contributed by atoms with Crippen molar-refractivity contribution in [2.45, 2.75) is 10.9 Å². The van der Waals surface area contributed by atoms with E-state index < -0.39 is 22.0 Å². The van der Waals surface area contributed by atoms with Crippen LogP contribution in [0.15, 0.2) is 46.7 Å². The number of carboxylic acid groups (broad SMARTS) is 1. The Morgan fingerprint density at radius 2 is 1.95 bits per heavy atom. The molecule has 0 aliphatic rings. The van der Waals surface area contributed by atoms with Crippen LogP contribution in [-0.2, 0) is 14.8 Å². The molecule has 5 nitrogen and oxygen atoms in total. The third-order valence-corrected chi connectivity index (χ3v) is 5.33. The summed E-state index contributed by atoms with van der Waals surface area (Å²) in [7, 11) is -4.02. The van der Waals surface area contributed by atoms with Crippen molar-refractivity contribution < 1.29 is 18.3 Å². The van der Waals surface area contributed by atoms with E-state index in [-0.39, 0.29) is 9.92 Å². The van der Waals surface area contributed by atoms with Crippen molar-refractivity contribution in [2.75, 3.05) is 0 Å². The van der Waals surface area contributed by atoms with E-state index in [1.54, 1.807) is 23.6 Å². The largest absolute Gasteiger partial charge is 0.480 e. The molecule has 0 radical (unpaired) electrons. The lowest BCUT2D eigenvalue weighted by Gasteiger charge is -2.14. The summed E-state index contributed by atoms with van der Waals surface area (Å²) in [6.07, 6.45) is 0. The summed E-state index contributed by atoms with van der Waals surface area (Å²) < 4.78 is 26.6. The summed E-state index contributed by atoms with van der Waals surface area (Å²) in [6, 6.07) is 7.72. The summed E-state index contributed by atoms with van der Waals surface area (Å²) in [5.41, 5.74) is 0. The van der Waals surface area contributed by atoms with Gasteiger partial charge in [0, 0.05) is 4.88 Å². The number of aliphatic carboxylic acids is 1. The molecule has 0 amide bonds. The molecule has 0 aliphatic heterocycles. The Morgan fingerprint density at radius 1 is 1.25 bits per heavy atom. The van der Waals surface area contributed by atoms with E-state index in [4.69, 9.17) is 11.6 Å². The molecule has 0 saturated heterocycles. The smallest absolute Gasteiger partial charge is 0.327 e. The maximum atomic E-state index is 12.2. The molecule has 0 bridgehead atoms. The first-order chi connectivity index (χ1) is 9.42. The third kappa shape index (κ3) is 3.18. The van der Waals surface area contributed by atoms with Crippen LogP contribution in [0.4, 0.5) is 0 Å². The number of halogens is 1. The fourth-order valence-corrected chi connectivity index (χ4v) is 4.10. The molecule has 20 heavy (non-hydrogen) atoms. The molecular formula is C12H10ClNO4S2. The molecule has 0 fully saturated rings. The van der Waals surface area contributed by atoms with Gasteiger partial charge in [-0.25, -0.2) is 8.42 Å². The Labute approximate surface area is 124 Å². The zero-order chi connectivity index (χ0) is 14.8. The second-order valence-corrected chi connectivity index (χ2v) is 6.91. The summed E-state index contributed by atoms with van der Waals surface area (Å²) in [5.74, 6) is -1.27. The van der Waals surface area contributed by atoms with Crippen molar-refractivity contribution in [1.29, 1.82) is 0 Å². The van der Waals surface area contributed by atoms with Gasteiger partial charge in [0.1, 0.15) is 4.90 Å². The van der Waals surface area contributed by atoms with Crippen molar-refractivity contribution in [3.05, 3.63) is 51.7 Å². The van der Waals surface area contributed by atoms with Gasteiger partial charge in [-0.2, -0.15) is 4.72 Å². The van der Waals surface area contributed by atoms with Gasteiger partial charge in [0.2, 0.25) is 10.0 Å². The minimum absolute atomic E-state index is 0.0373. The van der Waals surface area contributed by atoms with E-state index in [9.17, 15) is 18.3 Å². The highest BCUT2D eigenvalue weighted by Gasteiger charge is 2.28. The molecule has 1 aromatic heterocycles. The van der Waals surface area contributed by atoms with Crippen LogP contribution in [0.1, 0.15) is 10.9 Å². The minimum Gasteiger partial charge on any atom is -0.480 e. The average molecular weight is 332 g/mol. The number of hydrogen-bond donors (Lipinski definition) is 2. The molecule has 1 heterocycles. The number of thiophene rings is 1. The summed E-state index contributed by atoms with van der Waals surface area (Å²) in [5, 5.41) is 10.9. The first-order valence-electron chi connectivity index (χ1n) is 5.45. The van der Waals surface area contributed by atoms with Crippen molar-refractivity contribution in [3.8, 4) is 0 Å². The Bertz CT molecular complexity index is 713. The second-order valence-electron chi connectivity index (χ2n) is 3.84. The van der Waals surface area contributed by atoms with E-state index in [0.29, 0.717) is 4.88 Å². The van der Waals surface area contributed by atoms with Crippen LogP contribution in [0.5, 0.6) is 0 Å². The SMILES string of the molecule is O=C(O)C(NS(=O)(=O)c1ccccc1Cl)c1cccs1. The van der Waals surface area contributed by atoms with Gasteiger partial charge in [-0.05, 0) is 23.6 Å². The van der Waals surface area contributed by atoms with Crippen molar-refractivity contribution in [3.63, 3.8) is 0 Å². The quantitative estimate of drug-likeness (QED) is 0.881. The normalized spacial score (nSPS) is 13.1. The number of carboxylic acids is 1. The lowest BCUT2D eigenvalue weighted by atomic mass is 10.3. The molecule has 2 rings (SSSR count). The fourth-order valence-electron chi connectivity index (χ4n) is 1.57. The first kappa shape index (κ1) is 15.0. The van der Waals surface area contributed by atoms with Gasteiger partial charge >= 0.3 is 5.97 Å². The molecule has 8 heteroatoms. The number of nitrogens with one attached hydrogen (secondary N) is 1. The lowest BCUT2D eigenvalue weighted by Crippen LogP contribution is -2.33. The summed E-state index contributed by atoms with van der Waals surface area (Å²) >= 11 is 6.99. The Hall–Kier alpha value is -1.41. The van der Waals surface area contributed by atoms with Crippen molar-refractivity contribution >= 4 is 38.9 Å². The van der Waals surface area contributed by atoms with E-state index in [2.05, 4.69) is 4.72 Å². The van der Waals surface area contributed by atoms with Gasteiger partial charge in [0.25, 0.3) is 0 Å². The molecule has 1 unspecified atom stereocenters. The number of rotatable bonds is 5.